The Morgan fingerprint density at radius 3 is 1.28 bits per heavy atom. The Hall–Kier alpha value is -1.13. The summed E-state index contributed by atoms with van der Waals surface area (Å²) in [5, 5.41) is 19.4. The van der Waals surface area contributed by atoms with Crippen molar-refractivity contribution in [3.63, 3.8) is 0 Å². The minimum absolute atomic E-state index is 0.0415. The van der Waals surface area contributed by atoms with Crippen LogP contribution in [0.3, 0.4) is 0 Å². The molecule has 12 heteroatoms. The van der Waals surface area contributed by atoms with E-state index >= 15 is 0 Å². The van der Waals surface area contributed by atoms with Crippen LogP contribution in [-0.4, -0.2) is 82.4 Å². The van der Waals surface area contributed by atoms with Crippen molar-refractivity contribution in [1.82, 2.24) is 0 Å². The Morgan fingerprint density at radius 2 is 1.07 bits per heavy atom. The first-order valence-corrected chi connectivity index (χ1v) is 12.9. The lowest BCUT2D eigenvalue weighted by atomic mass is 9.73. The van der Waals surface area contributed by atoms with Crippen LogP contribution in [0, 0.1) is 5.41 Å². The third kappa shape index (κ3) is 6.96. The number of carboxylic acids is 2. The van der Waals surface area contributed by atoms with E-state index in [4.69, 9.17) is 26.6 Å². The maximum atomic E-state index is 12.2. The van der Waals surface area contributed by atoms with Crippen molar-refractivity contribution in [2.24, 2.45) is 5.41 Å². The van der Waals surface area contributed by atoms with Crippen molar-refractivity contribution >= 4 is 29.5 Å². The van der Waals surface area contributed by atoms with E-state index in [2.05, 4.69) is 6.58 Å². The van der Waals surface area contributed by atoms with Gasteiger partial charge in [-0.05, 0) is 25.7 Å². The molecule has 0 aliphatic rings. The maximum Gasteiger partial charge on any atom is 0.500 e. The van der Waals surface area contributed by atoms with Crippen LogP contribution in [0.15, 0.2) is 12.2 Å². The molecule has 0 rings (SSSR count). The van der Waals surface area contributed by atoms with Crippen molar-refractivity contribution in [1.29, 1.82) is 0 Å². The van der Waals surface area contributed by atoms with E-state index in [1.54, 1.807) is 0 Å². The fraction of sp³-hybridized carbons (Fsp3) is 0.765. The Labute approximate surface area is 174 Å². The zero-order valence-electron chi connectivity index (χ0n) is 18.1. The van der Waals surface area contributed by atoms with Crippen LogP contribution in [0.2, 0.25) is 12.1 Å². The molecule has 0 saturated carbocycles. The average molecular weight is 455 g/mol. The van der Waals surface area contributed by atoms with Crippen molar-refractivity contribution in [2.45, 2.75) is 37.8 Å². The first-order chi connectivity index (χ1) is 13.6. The molecule has 0 radical (unpaired) electrons. The molecule has 0 aromatic carbocycles. The quantitative estimate of drug-likeness (QED) is 0.249. The summed E-state index contributed by atoms with van der Waals surface area (Å²) in [7, 11) is 2.94. The third-order valence-corrected chi connectivity index (χ3v) is 10.9. The summed E-state index contributed by atoms with van der Waals surface area (Å²) in [5.41, 5.74) is -2.03. The van der Waals surface area contributed by atoms with E-state index < -0.39 is 35.0 Å². The van der Waals surface area contributed by atoms with Crippen LogP contribution in [0.4, 0.5) is 0 Å². The lowest BCUT2D eigenvalue weighted by Gasteiger charge is -2.32. The van der Waals surface area contributed by atoms with Gasteiger partial charge in [-0.2, -0.15) is 0 Å². The normalized spacial score (nSPS) is 12.8. The van der Waals surface area contributed by atoms with Crippen LogP contribution in [0.1, 0.15) is 25.7 Å². The average Bonchev–Trinajstić information content (AvgIpc) is 2.73. The highest BCUT2D eigenvalue weighted by molar-refractivity contribution is 6.60. The van der Waals surface area contributed by atoms with Crippen LogP contribution in [0.25, 0.3) is 0 Å². The Bertz CT molecular complexity index is 504. The van der Waals surface area contributed by atoms with Crippen LogP contribution in [-0.2, 0) is 36.1 Å². The molecule has 0 amide bonds. The number of carboxylic acid groups (broad SMARTS) is 2. The predicted octanol–water partition coefficient (Wildman–Crippen LogP) is 2.01. The van der Waals surface area contributed by atoms with Gasteiger partial charge in [-0.1, -0.05) is 6.58 Å². The first kappa shape index (κ1) is 27.9. The maximum absolute atomic E-state index is 12.2. The Balaban J connectivity index is 5.54. The molecule has 0 fully saturated rings. The van der Waals surface area contributed by atoms with Crippen molar-refractivity contribution in [2.75, 3.05) is 42.7 Å². The number of rotatable bonds is 17. The van der Waals surface area contributed by atoms with Crippen LogP contribution in [0.5, 0.6) is 0 Å². The highest BCUT2D eigenvalue weighted by Crippen LogP contribution is 2.40. The molecule has 2 N–H and O–H groups in total. The smallest absolute Gasteiger partial charge is 0.481 e. The summed E-state index contributed by atoms with van der Waals surface area (Å²) >= 11 is 0. The molecule has 0 bridgehead atoms. The minimum atomic E-state index is -2.92. The molecule has 0 spiro atoms. The van der Waals surface area contributed by atoms with Gasteiger partial charge < -0.3 is 36.8 Å². The van der Waals surface area contributed by atoms with Gasteiger partial charge in [0.25, 0.3) is 0 Å². The zero-order chi connectivity index (χ0) is 22.7. The predicted molar refractivity (Wildman–Crippen MR) is 108 cm³/mol. The molecule has 10 nitrogen and oxygen atoms in total. The van der Waals surface area contributed by atoms with Gasteiger partial charge in [-0.25, -0.2) is 4.79 Å². The second-order valence-electron chi connectivity index (χ2n) is 6.47. The summed E-state index contributed by atoms with van der Waals surface area (Å²) in [6.07, 6.45) is 0.725. The molecule has 0 saturated heterocycles. The molecule has 0 aromatic heterocycles. The second kappa shape index (κ2) is 12.5. The van der Waals surface area contributed by atoms with Gasteiger partial charge in [0.1, 0.15) is 0 Å². The Kier molecular flexibility index (Phi) is 12.1. The van der Waals surface area contributed by atoms with E-state index in [-0.39, 0.29) is 18.4 Å². The van der Waals surface area contributed by atoms with Gasteiger partial charge in [0, 0.05) is 60.3 Å². The van der Waals surface area contributed by atoms with Crippen molar-refractivity contribution < 1.29 is 46.4 Å². The van der Waals surface area contributed by atoms with E-state index in [0.29, 0.717) is 24.9 Å². The summed E-state index contributed by atoms with van der Waals surface area (Å²) < 4.78 is 32.1. The topological polar surface area (TPSA) is 130 Å². The van der Waals surface area contributed by atoms with Gasteiger partial charge >= 0.3 is 29.5 Å². The zero-order valence-corrected chi connectivity index (χ0v) is 20.1. The monoisotopic (exact) mass is 454 g/mol. The fourth-order valence-corrected chi connectivity index (χ4v) is 6.74. The van der Waals surface area contributed by atoms with Crippen molar-refractivity contribution in [3.05, 3.63) is 12.2 Å². The van der Waals surface area contributed by atoms with E-state index in [0.717, 1.165) is 0 Å². The minimum Gasteiger partial charge on any atom is -0.481 e. The van der Waals surface area contributed by atoms with Gasteiger partial charge in [0.05, 0.1) is 5.41 Å². The fourth-order valence-electron chi connectivity index (χ4n) is 3.30. The summed E-state index contributed by atoms with van der Waals surface area (Å²) in [5.74, 6) is -2.60. The molecule has 0 heterocycles. The molecule has 0 aromatic rings. The van der Waals surface area contributed by atoms with Gasteiger partial charge in [-0.15, -0.1) is 0 Å². The standard InChI is InChI=1S/C17H34O10Si2/c1-14(15(18)19)17(16(20)21,10-8-12-28(22-2,23-3)24-4)11-9-13-29(25-5,26-6)27-7/h1,8-13H2,2-7H3,(H,18,19)(H,20,21). The summed E-state index contributed by atoms with van der Waals surface area (Å²) in [6.45, 7) is 3.55. The van der Waals surface area contributed by atoms with Crippen LogP contribution >= 0.6 is 0 Å². The molecule has 0 atom stereocenters. The number of aliphatic carboxylic acids is 2. The summed E-state index contributed by atoms with van der Waals surface area (Å²) in [6, 6.07) is 0.677. The van der Waals surface area contributed by atoms with Crippen LogP contribution < -0.4 is 0 Å². The SMILES string of the molecule is C=C(C(=O)O)C(CCC[Si](OC)(OC)OC)(CCC[Si](OC)(OC)OC)C(=O)O. The molecule has 170 valence electrons. The first-order valence-electron chi connectivity index (χ1n) is 9.05. The largest absolute Gasteiger partial charge is 0.500 e. The number of hydrogen-bond acceptors (Lipinski definition) is 8. The van der Waals surface area contributed by atoms with E-state index in [9.17, 15) is 19.8 Å². The van der Waals surface area contributed by atoms with Gasteiger partial charge in [0.2, 0.25) is 0 Å². The highest BCUT2D eigenvalue weighted by atomic mass is 28.4. The number of hydrogen-bond donors (Lipinski definition) is 2. The van der Waals surface area contributed by atoms with E-state index in [1.165, 1.54) is 42.7 Å². The van der Waals surface area contributed by atoms with E-state index in [1.807, 2.05) is 0 Å². The molecule has 29 heavy (non-hydrogen) atoms. The molecular formula is C17H34O10Si2. The number of carbonyl (C=O) groups is 2. The molecule has 0 aliphatic heterocycles. The second-order valence-corrected chi connectivity index (χ2v) is 12.7. The summed E-state index contributed by atoms with van der Waals surface area (Å²) in [4.78, 5) is 23.8. The Morgan fingerprint density at radius 1 is 0.759 bits per heavy atom. The lowest BCUT2D eigenvalue weighted by Crippen LogP contribution is -2.44. The van der Waals surface area contributed by atoms with Crippen molar-refractivity contribution in [3.8, 4) is 0 Å². The third-order valence-electron chi connectivity index (χ3n) is 5.28. The molecule has 0 unspecified atom stereocenters. The van der Waals surface area contributed by atoms with Gasteiger partial charge in [0.15, 0.2) is 0 Å². The lowest BCUT2D eigenvalue weighted by molar-refractivity contribution is -0.151. The molecular weight excluding hydrogens is 420 g/mol. The highest BCUT2D eigenvalue weighted by Gasteiger charge is 2.47. The van der Waals surface area contributed by atoms with Gasteiger partial charge in [-0.3, -0.25) is 4.79 Å². The molecule has 0 aliphatic carbocycles.